The van der Waals surface area contributed by atoms with Crippen molar-refractivity contribution < 1.29 is 18.3 Å². The van der Waals surface area contributed by atoms with Gasteiger partial charge in [-0.2, -0.15) is 8.78 Å². The Hall–Kier alpha value is -1.69. The number of hydrogen-bond acceptors (Lipinski definition) is 3. The van der Waals surface area contributed by atoms with Gasteiger partial charge in [0.05, 0.1) is 0 Å². The molecule has 1 aromatic carbocycles. The molecular formula is C13H16F2N2O2. The first kappa shape index (κ1) is 13.7. The minimum absolute atomic E-state index is 0.00652. The van der Waals surface area contributed by atoms with Gasteiger partial charge in [-0.1, -0.05) is 6.07 Å². The Morgan fingerprint density at radius 2 is 2.11 bits per heavy atom. The molecule has 6 heteroatoms. The van der Waals surface area contributed by atoms with E-state index in [0.717, 1.165) is 25.9 Å². The molecule has 1 aromatic rings. The van der Waals surface area contributed by atoms with Gasteiger partial charge in [0.15, 0.2) is 0 Å². The van der Waals surface area contributed by atoms with E-state index in [1.54, 1.807) is 6.07 Å². The summed E-state index contributed by atoms with van der Waals surface area (Å²) in [6.07, 6.45) is 1.75. The summed E-state index contributed by atoms with van der Waals surface area (Å²) in [5.41, 5.74) is 0.330. The fraction of sp³-hybridized carbons (Fsp3) is 0.462. The molecule has 2 rings (SSSR count). The summed E-state index contributed by atoms with van der Waals surface area (Å²) in [5, 5.41) is 6.10. The molecule has 0 aromatic heterocycles. The van der Waals surface area contributed by atoms with E-state index in [-0.39, 0.29) is 17.7 Å². The Labute approximate surface area is 110 Å². The van der Waals surface area contributed by atoms with Crippen LogP contribution in [0.25, 0.3) is 0 Å². The van der Waals surface area contributed by atoms with E-state index in [4.69, 9.17) is 0 Å². The van der Waals surface area contributed by atoms with E-state index in [1.807, 2.05) is 0 Å². The number of nitrogens with one attached hydrogen (secondary N) is 2. The molecule has 104 valence electrons. The van der Waals surface area contributed by atoms with Gasteiger partial charge < -0.3 is 15.4 Å². The average molecular weight is 270 g/mol. The molecule has 0 atom stereocenters. The molecule has 0 spiro atoms. The van der Waals surface area contributed by atoms with Gasteiger partial charge in [0.1, 0.15) is 5.75 Å². The zero-order valence-electron chi connectivity index (χ0n) is 10.4. The van der Waals surface area contributed by atoms with Gasteiger partial charge >= 0.3 is 6.61 Å². The molecule has 0 radical (unpaired) electrons. The van der Waals surface area contributed by atoms with E-state index in [2.05, 4.69) is 15.4 Å². The van der Waals surface area contributed by atoms with Crippen molar-refractivity contribution in [2.75, 3.05) is 13.1 Å². The number of ether oxygens (including phenoxy) is 1. The van der Waals surface area contributed by atoms with Gasteiger partial charge in [-0.3, -0.25) is 4.79 Å². The lowest BCUT2D eigenvalue weighted by Crippen LogP contribution is -2.42. The first-order valence-electron chi connectivity index (χ1n) is 6.21. The van der Waals surface area contributed by atoms with Crippen LogP contribution in [0, 0.1) is 0 Å². The molecule has 0 saturated carbocycles. The van der Waals surface area contributed by atoms with Crippen LogP contribution in [0.2, 0.25) is 0 Å². The van der Waals surface area contributed by atoms with Crippen LogP contribution in [0.15, 0.2) is 24.3 Å². The van der Waals surface area contributed by atoms with E-state index in [1.165, 1.54) is 18.2 Å². The first-order chi connectivity index (χ1) is 9.15. The maximum Gasteiger partial charge on any atom is 0.387 e. The van der Waals surface area contributed by atoms with Gasteiger partial charge in [-0.15, -0.1) is 0 Å². The van der Waals surface area contributed by atoms with Crippen LogP contribution in [-0.4, -0.2) is 31.7 Å². The smallest absolute Gasteiger partial charge is 0.387 e. The third kappa shape index (κ3) is 4.17. The lowest BCUT2D eigenvalue weighted by Gasteiger charge is -2.23. The maximum atomic E-state index is 12.1. The molecule has 19 heavy (non-hydrogen) atoms. The van der Waals surface area contributed by atoms with E-state index in [0.29, 0.717) is 5.56 Å². The molecule has 1 aliphatic rings. The zero-order chi connectivity index (χ0) is 13.7. The molecule has 0 aliphatic carbocycles. The quantitative estimate of drug-likeness (QED) is 0.876. The number of carbonyl (C=O) groups excluding carboxylic acids is 1. The first-order valence-corrected chi connectivity index (χ1v) is 6.21. The second-order valence-corrected chi connectivity index (χ2v) is 4.40. The van der Waals surface area contributed by atoms with Gasteiger partial charge in [0.2, 0.25) is 0 Å². The predicted molar refractivity (Wildman–Crippen MR) is 66.4 cm³/mol. The lowest BCUT2D eigenvalue weighted by atomic mass is 10.1. The Balaban J connectivity index is 1.97. The number of benzene rings is 1. The number of piperidine rings is 1. The van der Waals surface area contributed by atoms with Gasteiger partial charge in [0.25, 0.3) is 5.91 Å². The van der Waals surface area contributed by atoms with Crippen LogP contribution < -0.4 is 15.4 Å². The Morgan fingerprint density at radius 3 is 2.79 bits per heavy atom. The summed E-state index contributed by atoms with van der Waals surface area (Å²) in [6.45, 7) is -1.14. The van der Waals surface area contributed by atoms with Crippen LogP contribution in [0.5, 0.6) is 5.75 Å². The van der Waals surface area contributed by atoms with Crippen molar-refractivity contribution in [1.82, 2.24) is 10.6 Å². The highest BCUT2D eigenvalue weighted by Gasteiger charge is 2.16. The summed E-state index contributed by atoms with van der Waals surface area (Å²) >= 11 is 0. The normalized spacial score (nSPS) is 16.4. The molecule has 4 nitrogen and oxygen atoms in total. The van der Waals surface area contributed by atoms with Gasteiger partial charge in [-0.25, -0.2) is 0 Å². The van der Waals surface area contributed by atoms with Crippen molar-refractivity contribution >= 4 is 5.91 Å². The Morgan fingerprint density at radius 1 is 1.37 bits per heavy atom. The molecule has 2 N–H and O–H groups in total. The number of halogens is 2. The van der Waals surface area contributed by atoms with E-state index in [9.17, 15) is 13.6 Å². The standard InChI is InChI=1S/C13H16F2N2O2/c14-13(15)19-11-3-1-2-9(8-11)12(18)17-10-4-6-16-7-5-10/h1-3,8,10,13,16H,4-7H2,(H,17,18). The highest BCUT2D eigenvalue weighted by molar-refractivity contribution is 5.94. The lowest BCUT2D eigenvalue weighted by molar-refractivity contribution is -0.0498. The van der Waals surface area contributed by atoms with Crippen molar-refractivity contribution in [3.63, 3.8) is 0 Å². The number of carbonyl (C=O) groups is 1. The molecule has 1 heterocycles. The summed E-state index contributed by atoms with van der Waals surface area (Å²) in [6, 6.07) is 5.95. The number of hydrogen-bond donors (Lipinski definition) is 2. The summed E-state index contributed by atoms with van der Waals surface area (Å²) in [5.74, 6) is -0.264. The number of alkyl halides is 2. The van der Waals surface area contributed by atoms with Crippen LogP contribution in [0.4, 0.5) is 8.78 Å². The Kier molecular flexibility index (Phi) is 4.68. The number of rotatable bonds is 4. The summed E-state index contributed by atoms with van der Waals surface area (Å²) in [4.78, 5) is 12.0. The van der Waals surface area contributed by atoms with E-state index < -0.39 is 6.61 Å². The average Bonchev–Trinajstić information content (AvgIpc) is 2.39. The SMILES string of the molecule is O=C(NC1CCNCC1)c1cccc(OC(F)F)c1. The highest BCUT2D eigenvalue weighted by Crippen LogP contribution is 2.16. The molecule has 1 fully saturated rings. The maximum absolute atomic E-state index is 12.1. The minimum Gasteiger partial charge on any atom is -0.435 e. The van der Waals surface area contributed by atoms with Gasteiger partial charge in [0, 0.05) is 11.6 Å². The zero-order valence-corrected chi connectivity index (χ0v) is 10.4. The van der Waals surface area contributed by atoms with Crippen LogP contribution in [0.1, 0.15) is 23.2 Å². The molecular weight excluding hydrogens is 254 g/mol. The minimum atomic E-state index is -2.89. The molecule has 0 unspecified atom stereocenters. The summed E-state index contributed by atoms with van der Waals surface area (Å²) < 4.78 is 28.5. The van der Waals surface area contributed by atoms with Crippen molar-refractivity contribution in [1.29, 1.82) is 0 Å². The monoisotopic (exact) mass is 270 g/mol. The van der Waals surface area contributed by atoms with Crippen molar-refractivity contribution in [2.45, 2.75) is 25.5 Å². The largest absolute Gasteiger partial charge is 0.435 e. The molecule has 0 bridgehead atoms. The fourth-order valence-electron chi connectivity index (χ4n) is 2.05. The molecule has 1 saturated heterocycles. The highest BCUT2D eigenvalue weighted by atomic mass is 19.3. The second-order valence-electron chi connectivity index (χ2n) is 4.40. The van der Waals surface area contributed by atoms with Crippen LogP contribution >= 0.6 is 0 Å². The van der Waals surface area contributed by atoms with Crippen LogP contribution in [-0.2, 0) is 0 Å². The number of amides is 1. The Bertz CT molecular complexity index is 434. The summed E-state index contributed by atoms with van der Waals surface area (Å²) in [7, 11) is 0. The fourth-order valence-corrected chi connectivity index (χ4v) is 2.05. The molecule has 1 amide bonds. The van der Waals surface area contributed by atoms with Crippen molar-refractivity contribution in [3.8, 4) is 5.75 Å². The van der Waals surface area contributed by atoms with E-state index >= 15 is 0 Å². The van der Waals surface area contributed by atoms with Crippen molar-refractivity contribution in [2.24, 2.45) is 0 Å². The predicted octanol–water partition coefficient (Wildman–Crippen LogP) is 1.77. The third-order valence-corrected chi connectivity index (χ3v) is 3.00. The second kappa shape index (κ2) is 6.47. The van der Waals surface area contributed by atoms with Crippen molar-refractivity contribution in [3.05, 3.63) is 29.8 Å². The topological polar surface area (TPSA) is 50.4 Å². The third-order valence-electron chi connectivity index (χ3n) is 3.00. The van der Waals surface area contributed by atoms with Crippen LogP contribution in [0.3, 0.4) is 0 Å². The molecule has 1 aliphatic heterocycles. The van der Waals surface area contributed by atoms with Gasteiger partial charge in [-0.05, 0) is 44.1 Å².